The molecule has 9 heteroatoms. The van der Waals surface area contributed by atoms with Crippen molar-refractivity contribution in [3.63, 3.8) is 0 Å². The molecule has 0 aliphatic carbocycles. The normalized spacial score (nSPS) is 18.4. The third-order valence-corrected chi connectivity index (χ3v) is 6.65. The standard InChI is InChI=1S/C17H19N3O4S2/c1-11(21)18-13-4-2-12(3-5-13)17-20-15(9-25-17)8-16(22)19-14-6-7-26(23,24)10-14/h2-5,9,14H,6-8,10H2,1H3,(H,18,21)(H,19,22). The Labute approximate surface area is 155 Å². The number of sulfone groups is 1. The van der Waals surface area contributed by atoms with Gasteiger partial charge in [0.25, 0.3) is 0 Å². The molecule has 0 bridgehead atoms. The molecule has 2 N–H and O–H groups in total. The minimum atomic E-state index is -3.01. The maximum absolute atomic E-state index is 12.1. The molecular weight excluding hydrogens is 374 g/mol. The van der Waals surface area contributed by atoms with Gasteiger partial charge in [-0.15, -0.1) is 11.3 Å². The predicted octanol–water partition coefficient (Wildman–Crippen LogP) is 1.61. The number of rotatable bonds is 5. The molecule has 2 aromatic rings. The third kappa shape index (κ3) is 4.89. The Balaban J connectivity index is 1.59. The SMILES string of the molecule is CC(=O)Nc1ccc(-c2nc(CC(=O)NC3CCS(=O)(=O)C3)cs2)cc1. The summed E-state index contributed by atoms with van der Waals surface area (Å²) in [5.74, 6) is -0.199. The molecule has 26 heavy (non-hydrogen) atoms. The maximum Gasteiger partial charge on any atom is 0.226 e. The van der Waals surface area contributed by atoms with E-state index < -0.39 is 9.84 Å². The van der Waals surface area contributed by atoms with Crippen LogP contribution in [0.5, 0.6) is 0 Å². The number of hydrogen-bond acceptors (Lipinski definition) is 6. The number of benzene rings is 1. The summed E-state index contributed by atoms with van der Waals surface area (Å²) >= 11 is 1.43. The van der Waals surface area contributed by atoms with E-state index >= 15 is 0 Å². The molecule has 0 saturated carbocycles. The van der Waals surface area contributed by atoms with Crippen molar-refractivity contribution in [3.8, 4) is 10.6 Å². The van der Waals surface area contributed by atoms with E-state index in [2.05, 4.69) is 15.6 Å². The van der Waals surface area contributed by atoms with Crippen LogP contribution in [0.2, 0.25) is 0 Å². The molecule has 1 saturated heterocycles. The van der Waals surface area contributed by atoms with Crippen LogP contribution in [-0.2, 0) is 25.8 Å². The van der Waals surface area contributed by atoms with E-state index in [9.17, 15) is 18.0 Å². The second kappa shape index (κ2) is 7.55. The number of amides is 2. The van der Waals surface area contributed by atoms with Gasteiger partial charge in [-0.1, -0.05) is 0 Å². The largest absolute Gasteiger partial charge is 0.352 e. The summed E-state index contributed by atoms with van der Waals surface area (Å²) in [7, 11) is -3.01. The van der Waals surface area contributed by atoms with Gasteiger partial charge in [-0.3, -0.25) is 9.59 Å². The van der Waals surface area contributed by atoms with E-state index in [0.717, 1.165) is 10.6 Å². The van der Waals surface area contributed by atoms with E-state index in [1.165, 1.54) is 18.3 Å². The molecule has 1 aliphatic rings. The molecule has 138 valence electrons. The average Bonchev–Trinajstić information content (AvgIpc) is 3.14. The highest BCUT2D eigenvalue weighted by Gasteiger charge is 2.28. The fraction of sp³-hybridized carbons (Fsp3) is 0.353. The summed E-state index contributed by atoms with van der Waals surface area (Å²) in [5, 5.41) is 8.07. The van der Waals surface area contributed by atoms with Gasteiger partial charge in [0.2, 0.25) is 11.8 Å². The fourth-order valence-electron chi connectivity index (χ4n) is 2.77. The molecule has 3 rings (SSSR count). The Morgan fingerprint density at radius 2 is 2.00 bits per heavy atom. The van der Waals surface area contributed by atoms with Gasteiger partial charge < -0.3 is 10.6 Å². The van der Waals surface area contributed by atoms with Crippen LogP contribution in [0, 0.1) is 0 Å². The van der Waals surface area contributed by atoms with Crippen molar-refractivity contribution in [2.45, 2.75) is 25.8 Å². The van der Waals surface area contributed by atoms with Gasteiger partial charge in [0.05, 0.1) is 23.6 Å². The number of thiazole rings is 1. The van der Waals surface area contributed by atoms with E-state index in [0.29, 0.717) is 17.8 Å². The van der Waals surface area contributed by atoms with Crippen molar-refractivity contribution in [2.75, 3.05) is 16.8 Å². The number of carbonyl (C=O) groups excluding carboxylic acids is 2. The highest BCUT2D eigenvalue weighted by atomic mass is 32.2. The smallest absolute Gasteiger partial charge is 0.226 e. The average molecular weight is 393 g/mol. The van der Waals surface area contributed by atoms with Crippen LogP contribution < -0.4 is 10.6 Å². The second-order valence-electron chi connectivity index (χ2n) is 6.25. The molecule has 0 radical (unpaired) electrons. The van der Waals surface area contributed by atoms with Crippen LogP contribution >= 0.6 is 11.3 Å². The lowest BCUT2D eigenvalue weighted by Gasteiger charge is -2.09. The summed E-state index contributed by atoms with van der Waals surface area (Å²) < 4.78 is 22.9. The Bertz CT molecular complexity index is 920. The minimum Gasteiger partial charge on any atom is -0.352 e. The monoisotopic (exact) mass is 393 g/mol. The molecule has 2 heterocycles. The number of hydrogen-bond donors (Lipinski definition) is 2. The quantitative estimate of drug-likeness (QED) is 0.803. The summed E-state index contributed by atoms with van der Waals surface area (Å²) in [6, 6.07) is 7.01. The van der Waals surface area contributed by atoms with Gasteiger partial charge >= 0.3 is 0 Å². The summed E-state index contributed by atoms with van der Waals surface area (Å²) in [6.07, 6.45) is 0.591. The van der Waals surface area contributed by atoms with Crippen LogP contribution in [-0.4, -0.2) is 42.8 Å². The van der Waals surface area contributed by atoms with E-state index in [-0.39, 0.29) is 35.8 Å². The molecule has 2 amide bonds. The zero-order chi connectivity index (χ0) is 18.7. The van der Waals surface area contributed by atoms with Crippen LogP contribution in [0.4, 0.5) is 5.69 Å². The van der Waals surface area contributed by atoms with Gasteiger partial charge in [-0.05, 0) is 30.7 Å². The lowest BCUT2D eigenvalue weighted by Crippen LogP contribution is -2.36. The zero-order valence-electron chi connectivity index (χ0n) is 14.2. The second-order valence-corrected chi connectivity index (χ2v) is 9.33. The van der Waals surface area contributed by atoms with Crippen LogP contribution in [0.3, 0.4) is 0 Å². The van der Waals surface area contributed by atoms with Gasteiger partial charge in [0.15, 0.2) is 9.84 Å². The maximum atomic E-state index is 12.1. The number of nitrogens with one attached hydrogen (secondary N) is 2. The van der Waals surface area contributed by atoms with Crippen molar-refractivity contribution < 1.29 is 18.0 Å². The molecular formula is C17H19N3O4S2. The highest BCUT2D eigenvalue weighted by Crippen LogP contribution is 2.25. The number of anilines is 1. The predicted molar refractivity (Wildman–Crippen MR) is 101 cm³/mol. The summed E-state index contributed by atoms with van der Waals surface area (Å²) in [6.45, 7) is 1.45. The van der Waals surface area contributed by atoms with Crippen LogP contribution in [0.15, 0.2) is 29.6 Å². The lowest BCUT2D eigenvalue weighted by molar-refractivity contribution is -0.121. The Hall–Kier alpha value is -2.26. The Morgan fingerprint density at radius 3 is 2.62 bits per heavy atom. The molecule has 1 atom stereocenters. The molecule has 0 spiro atoms. The summed E-state index contributed by atoms with van der Waals surface area (Å²) in [5.41, 5.74) is 2.26. The molecule has 1 fully saturated rings. The zero-order valence-corrected chi connectivity index (χ0v) is 15.8. The topological polar surface area (TPSA) is 105 Å². The number of carbonyl (C=O) groups is 2. The molecule has 1 aliphatic heterocycles. The van der Waals surface area contributed by atoms with Gasteiger partial charge in [-0.25, -0.2) is 13.4 Å². The number of aromatic nitrogens is 1. The fourth-order valence-corrected chi connectivity index (χ4v) is 5.27. The van der Waals surface area contributed by atoms with Gasteiger partial charge in [0.1, 0.15) is 5.01 Å². The van der Waals surface area contributed by atoms with Gasteiger partial charge in [-0.2, -0.15) is 0 Å². The van der Waals surface area contributed by atoms with Crippen molar-refractivity contribution in [1.29, 1.82) is 0 Å². The van der Waals surface area contributed by atoms with Gasteiger partial charge in [0, 0.05) is 29.6 Å². The first kappa shape index (κ1) is 18.5. The van der Waals surface area contributed by atoms with Crippen molar-refractivity contribution in [1.82, 2.24) is 10.3 Å². The molecule has 1 unspecified atom stereocenters. The lowest BCUT2D eigenvalue weighted by atomic mass is 10.2. The first-order valence-electron chi connectivity index (χ1n) is 8.13. The highest BCUT2D eigenvalue weighted by molar-refractivity contribution is 7.91. The first-order valence-corrected chi connectivity index (χ1v) is 10.8. The van der Waals surface area contributed by atoms with E-state index in [1.54, 1.807) is 12.1 Å². The Kier molecular flexibility index (Phi) is 5.38. The third-order valence-electron chi connectivity index (χ3n) is 3.94. The van der Waals surface area contributed by atoms with Crippen LogP contribution in [0.25, 0.3) is 10.6 Å². The minimum absolute atomic E-state index is 0.0156. The molecule has 1 aromatic heterocycles. The van der Waals surface area contributed by atoms with Crippen molar-refractivity contribution >= 4 is 38.7 Å². The van der Waals surface area contributed by atoms with E-state index in [4.69, 9.17) is 0 Å². The van der Waals surface area contributed by atoms with Crippen molar-refractivity contribution in [3.05, 3.63) is 35.3 Å². The molecule has 1 aromatic carbocycles. The molecule has 7 nitrogen and oxygen atoms in total. The Morgan fingerprint density at radius 1 is 1.27 bits per heavy atom. The number of nitrogens with zero attached hydrogens (tertiary/aromatic N) is 1. The first-order chi connectivity index (χ1) is 12.3. The summed E-state index contributed by atoms with van der Waals surface area (Å²) in [4.78, 5) is 27.6. The van der Waals surface area contributed by atoms with Crippen molar-refractivity contribution in [2.24, 2.45) is 0 Å². The van der Waals surface area contributed by atoms with Crippen LogP contribution in [0.1, 0.15) is 19.0 Å². The van der Waals surface area contributed by atoms with E-state index in [1.807, 2.05) is 17.5 Å².